The highest BCUT2D eigenvalue weighted by Crippen LogP contribution is 2.33. The SMILES string of the molecule is COc1ccc(-c2cnc3cccc(-c4ccc(S(C)(=O)=O)cc4)c3n2)cc1OC. The average molecular weight is 420 g/mol. The smallest absolute Gasteiger partial charge is 0.175 e. The molecule has 0 N–H and O–H groups in total. The fourth-order valence-corrected chi connectivity index (χ4v) is 3.91. The number of benzene rings is 3. The number of rotatable bonds is 5. The van der Waals surface area contributed by atoms with Crippen LogP contribution in [-0.2, 0) is 9.84 Å². The molecule has 30 heavy (non-hydrogen) atoms. The Hall–Kier alpha value is -3.45. The van der Waals surface area contributed by atoms with E-state index in [0.717, 1.165) is 27.7 Å². The molecule has 0 aliphatic heterocycles. The minimum absolute atomic E-state index is 0.281. The van der Waals surface area contributed by atoms with E-state index in [1.165, 1.54) is 6.26 Å². The predicted molar refractivity (Wildman–Crippen MR) is 117 cm³/mol. The Kier molecular flexibility index (Phi) is 5.13. The Labute approximate surface area is 175 Å². The standard InChI is InChI=1S/C23H20N2O4S/c1-28-21-12-9-16(13-22(21)29-2)20-14-24-19-6-4-5-18(23(19)25-20)15-7-10-17(11-8-15)30(3,26)27/h4-14H,1-3H3. The monoisotopic (exact) mass is 420 g/mol. The van der Waals surface area contributed by atoms with Gasteiger partial charge in [-0.25, -0.2) is 13.4 Å². The molecule has 0 bridgehead atoms. The third kappa shape index (κ3) is 3.71. The van der Waals surface area contributed by atoms with Crippen LogP contribution in [0.5, 0.6) is 11.5 Å². The Morgan fingerprint density at radius 2 is 1.53 bits per heavy atom. The summed E-state index contributed by atoms with van der Waals surface area (Å²) in [5.74, 6) is 1.25. The van der Waals surface area contributed by atoms with Crippen molar-refractivity contribution in [2.24, 2.45) is 0 Å². The van der Waals surface area contributed by atoms with Gasteiger partial charge in [0.2, 0.25) is 0 Å². The van der Waals surface area contributed by atoms with Gasteiger partial charge < -0.3 is 9.47 Å². The summed E-state index contributed by atoms with van der Waals surface area (Å²) in [5, 5.41) is 0. The molecule has 0 amide bonds. The number of sulfone groups is 1. The van der Waals surface area contributed by atoms with Crippen LogP contribution in [0.1, 0.15) is 0 Å². The molecule has 0 spiro atoms. The van der Waals surface area contributed by atoms with Crippen LogP contribution in [-0.4, -0.2) is 38.9 Å². The molecule has 152 valence electrons. The van der Waals surface area contributed by atoms with E-state index in [9.17, 15) is 8.42 Å². The molecule has 4 aromatic rings. The zero-order valence-electron chi connectivity index (χ0n) is 16.8. The fraction of sp³-hybridized carbons (Fsp3) is 0.130. The molecule has 0 saturated carbocycles. The van der Waals surface area contributed by atoms with Gasteiger partial charge >= 0.3 is 0 Å². The van der Waals surface area contributed by atoms with Gasteiger partial charge in [-0.1, -0.05) is 24.3 Å². The van der Waals surface area contributed by atoms with Crippen molar-refractivity contribution in [3.8, 4) is 33.9 Å². The van der Waals surface area contributed by atoms with Gasteiger partial charge in [0.05, 0.1) is 42.0 Å². The number of hydrogen-bond acceptors (Lipinski definition) is 6. The lowest BCUT2D eigenvalue weighted by Crippen LogP contribution is -1.97. The summed E-state index contributed by atoms with van der Waals surface area (Å²) in [6, 6.07) is 18.1. The third-order valence-electron chi connectivity index (χ3n) is 4.85. The zero-order valence-corrected chi connectivity index (χ0v) is 17.6. The van der Waals surface area contributed by atoms with Crippen molar-refractivity contribution in [1.29, 1.82) is 0 Å². The number of ether oxygens (including phenoxy) is 2. The normalized spacial score (nSPS) is 11.4. The molecular weight excluding hydrogens is 400 g/mol. The van der Waals surface area contributed by atoms with Crippen molar-refractivity contribution in [1.82, 2.24) is 9.97 Å². The first-order valence-corrected chi connectivity index (χ1v) is 11.1. The van der Waals surface area contributed by atoms with Crippen LogP contribution in [0.3, 0.4) is 0 Å². The highest BCUT2D eigenvalue weighted by Gasteiger charge is 2.12. The molecule has 3 aromatic carbocycles. The van der Waals surface area contributed by atoms with Crippen LogP contribution < -0.4 is 9.47 Å². The maximum Gasteiger partial charge on any atom is 0.175 e. The van der Waals surface area contributed by atoms with Gasteiger partial charge in [0.15, 0.2) is 21.3 Å². The van der Waals surface area contributed by atoms with Crippen LogP contribution in [0.4, 0.5) is 0 Å². The van der Waals surface area contributed by atoms with Crippen LogP contribution >= 0.6 is 0 Å². The second kappa shape index (κ2) is 7.76. The van der Waals surface area contributed by atoms with Crippen molar-refractivity contribution in [3.05, 3.63) is 66.9 Å². The third-order valence-corrected chi connectivity index (χ3v) is 5.97. The number of para-hydroxylation sites is 1. The lowest BCUT2D eigenvalue weighted by atomic mass is 10.0. The van der Waals surface area contributed by atoms with Gasteiger partial charge in [0.1, 0.15) is 0 Å². The molecular formula is C23H20N2O4S. The number of aromatic nitrogens is 2. The van der Waals surface area contributed by atoms with E-state index in [0.29, 0.717) is 17.2 Å². The molecule has 0 aliphatic carbocycles. The molecule has 7 heteroatoms. The largest absolute Gasteiger partial charge is 0.493 e. The molecule has 0 fully saturated rings. The minimum Gasteiger partial charge on any atom is -0.493 e. The number of fused-ring (bicyclic) bond motifs is 1. The summed E-state index contributed by atoms with van der Waals surface area (Å²) in [7, 11) is -0.0683. The van der Waals surface area contributed by atoms with Crippen molar-refractivity contribution in [3.63, 3.8) is 0 Å². The van der Waals surface area contributed by atoms with E-state index in [4.69, 9.17) is 14.5 Å². The lowest BCUT2D eigenvalue weighted by molar-refractivity contribution is 0.355. The molecule has 0 unspecified atom stereocenters. The molecule has 0 aliphatic rings. The summed E-state index contributed by atoms with van der Waals surface area (Å²) >= 11 is 0. The molecule has 4 rings (SSSR count). The topological polar surface area (TPSA) is 78.4 Å². The van der Waals surface area contributed by atoms with Crippen LogP contribution in [0, 0.1) is 0 Å². The fourth-order valence-electron chi connectivity index (χ4n) is 3.28. The Morgan fingerprint density at radius 3 is 2.20 bits per heavy atom. The summed E-state index contributed by atoms with van der Waals surface area (Å²) < 4.78 is 34.2. The number of hydrogen-bond donors (Lipinski definition) is 0. The second-order valence-corrected chi connectivity index (χ2v) is 8.81. The van der Waals surface area contributed by atoms with Gasteiger partial charge in [0, 0.05) is 17.4 Å². The highest BCUT2D eigenvalue weighted by atomic mass is 32.2. The second-order valence-electron chi connectivity index (χ2n) is 6.79. The first kappa shape index (κ1) is 19.8. The molecule has 0 radical (unpaired) electrons. The maximum absolute atomic E-state index is 11.8. The highest BCUT2D eigenvalue weighted by molar-refractivity contribution is 7.90. The quantitative estimate of drug-likeness (QED) is 0.477. The maximum atomic E-state index is 11.8. The van der Waals surface area contributed by atoms with Crippen molar-refractivity contribution in [2.45, 2.75) is 4.90 Å². The lowest BCUT2D eigenvalue weighted by Gasteiger charge is -2.11. The van der Waals surface area contributed by atoms with Crippen LogP contribution in [0.15, 0.2) is 71.8 Å². The van der Waals surface area contributed by atoms with E-state index >= 15 is 0 Å². The molecule has 0 saturated heterocycles. The Balaban J connectivity index is 1.84. The zero-order chi connectivity index (χ0) is 21.3. The van der Waals surface area contributed by atoms with Gasteiger partial charge in [-0.2, -0.15) is 0 Å². The number of methoxy groups -OCH3 is 2. The van der Waals surface area contributed by atoms with Gasteiger partial charge in [0.25, 0.3) is 0 Å². The van der Waals surface area contributed by atoms with E-state index in [-0.39, 0.29) is 4.90 Å². The average Bonchev–Trinajstić information content (AvgIpc) is 2.77. The van der Waals surface area contributed by atoms with Crippen LogP contribution in [0.2, 0.25) is 0 Å². The first-order valence-electron chi connectivity index (χ1n) is 9.19. The molecule has 1 aromatic heterocycles. The predicted octanol–water partition coefficient (Wildman–Crippen LogP) is 4.38. The molecule has 0 atom stereocenters. The van der Waals surface area contributed by atoms with Crippen molar-refractivity contribution >= 4 is 20.9 Å². The minimum atomic E-state index is -3.25. The number of nitrogens with zero attached hydrogens (tertiary/aromatic N) is 2. The summed E-state index contributed by atoms with van der Waals surface area (Å²) in [4.78, 5) is 9.70. The van der Waals surface area contributed by atoms with Crippen molar-refractivity contribution in [2.75, 3.05) is 20.5 Å². The van der Waals surface area contributed by atoms with E-state index in [2.05, 4.69) is 4.98 Å². The van der Waals surface area contributed by atoms with E-state index in [1.807, 2.05) is 36.4 Å². The van der Waals surface area contributed by atoms with Gasteiger partial charge in [-0.05, 0) is 42.0 Å². The van der Waals surface area contributed by atoms with E-state index < -0.39 is 9.84 Å². The molecule has 1 heterocycles. The summed E-state index contributed by atoms with van der Waals surface area (Å²) in [6.45, 7) is 0. The first-order chi connectivity index (χ1) is 14.4. The van der Waals surface area contributed by atoms with Crippen molar-refractivity contribution < 1.29 is 17.9 Å². The Morgan fingerprint density at radius 1 is 0.833 bits per heavy atom. The van der Waals surface area contributed by atoms with Gasteiger partial charge in [-0.3, -0.25) is 4.98 Å². The summed E-state index contributed by atoms with van der Waals surface area (Å²) in [5.41, 5.74) is 4.78. The summed E-state index contributed by atoms with van der Waals surface area (Å²) in [6.07, 6.45) is 2.92. The molecule has 6 nitrogen and oxygen atoms in total. The Bertz CT molecular complexity index is 1330. The van der Waals surface area contributed by atoms with E-state index in [1.54, 1.807) is 44.7 Å². The van der Waals surface area contributed by atoms with Gasteiger partial charge in [-0.15, -0.1) is 0 Å². The van der Waals surface area contributed by atoms with Crippen LogP contribution in [0.25, 0.3) is 33.4 Å².